The first-order chi connectivity index (χ1) is 11.2. The molecule has 0 bridgehead atoms. The number of carbonyl (C=O) groups is 1. The summed E-state index contributed by atoms with van der Waals surface area (Å²) in [5.41, 5.74) is -2.21. The molecule has 0 unspecified atom stereocenters. The van der Waals surface area contributed by atoms with E-state index < -0.39 is 11.2 Å². The van der Waals surface area contributed by atoms with Crippen molar-refractivity contribution < 1.29 is 19.1 Å². The molecular weight excluding hydrogens is 330 g/mol. The molecule has 0 aliphatic carbocycles. The lowest BCUT2D eigenvalue weighted by Crippen LogP contribution is -2.51. The Morgan fingerprint density at radius 3 is 2.50 bits per heavy atom. The van der Waals surface area contributed by atoms with E-state index in [0.29, 0.717) is 23.0 Å². The van der Waals surface area contributed by atoms with E-state index in [0.717, 1.165) is 0 Å². The standard InChI is InChI=1S/C18H22ClNO4/c1-17(2,24-14-8-6-13(19)7-9-14)16(21)20-12-18(3,22)11-15-5-4-10-23-15/h4-10,22H,11-12H2,1-3H3,(H,20,21)/t18-/m1/s1. The summed E-state index contributed by atoms with van der Waals surface area (Å²) in [4.78, 5) is 12.4. The molecule has 0 saturated heterocycles. The first kappa shape index (κ1) is 18.4. The van der Waals surface area contributed by atoms with Gasteiger partial charge >= 0.3 is 0 Å². The molecule has 0 saturated carbocycles. The van der Waals surface area contributed by atoms with Crippen LogP contribution in [-0.2, 0) is 11.2 Å². The molecule has 0 aliphatic heterocycles. The third-order valence-corrected chi connectivity index (χ3v) is 3.75. The van der Waals surface area contributed by atoms with Gasteiger partial charge in [-0.15, -0.1) is 0 Å². The number of halogens is 1. The lowest BCUT2D eigenvalue weighted by atomic mass is 10.00. The summed E-state index contributed by atoms with van der Waals surface area (Å²) in [5, 5.41) is 13.7. The monoisotopic (exact) mass is 351 g/mol. The van der Waals surface area contributed by atoms with Crippen LogP contribution < -0.4 is 10.1 Å². The zero-order chi connectivity index (χ0) is 17.8. The van der Waals surface area contributed by atoms with Crippen LogP contribution in [0.4, 0.5) is 0 Å². The number of carbonyl (C=O) groups excluding carboxylic acids is 1. The predicted octanol–water partition coefficient (Wildman–Crippen LogP) is 3.20. The van der Waals surface area contributed by atoms with E-state index in [1.54, 1.807) is 63.4 Å². The van der Waals surface area contributed by atoms with Gasteiger partial charge in [0.25, 0.3) is 5.91 Å². The summed E-state index contributed by atoms with van der Waals surface area (Å²) in [6.07, 6.45) is 1.85. The molecule has 1 aromatic heterocycles. The number of ether oxygens (including phenoxy) is 1. The normalized spacial score (nSPS) is 14.0. The van der Waals surface area contributed by atoms with E-state index in [1.165, 1.54) is 0 Å². The van der Waals surface area contributed by atoms with Crippen molar-refractivity contribution in [1.29, 1.82) is 0 Å². The molecular formula is C18H22ClNO4. The van der Waals surface area contributed by atoms with Crippen LogP contribution in [-0.4, -0.2) is 28.8 Å². The lowest BCUT2D eigenvalue weighted by Gasteiger charge is -2.28. The van der Waals surface area contributed by atoms with Gasteiger partial charge in [0.05, 0.1) is 11.9 Å². The summed E-state index contributed by atoms with van der Waals surface area (Å²) in [5.74, 6) is 0.880. The Labute approximate surface area is 146 Å². The Bertz CT molecular complexity index is 663. The first-order valence-electron chi connectivity index (χ1n) is 7.66. The van der Waals surface area contributed by atoms with E-state index in [2.05, 4.69) is 5.32 Å². The summed E-state index contributed by atoms with van der Waals surface area (Å²) >= 11 is 5.83. The average molecular weight is 352 g/mol. The molecule has 1 amide bonds. The lowest BCUT2D eigenvalue weighted by molar-refractivity contribution is -0.135. The number of benzene rings is 1. The van der Waals surface area contributed by atoms with Crippen molar-refractivity contribution in [2.24, 2.45) is 0 Å². The van der Waals surface area contributed by atoms with Crippen LogP contribution in [0.3, 0.4) is 0 Å². The van der Waals surface area contributed by atoms with Gasteiger partial charge in [0.15, 0.2) is 5.60 Å². The minimum atomic E-state index is -1.12. The number of amides is 1. The molecule has 6 heteroatoms. The number of aliphatic hydroxyl groups is 1. The van der Waals surface area contributed by atoms with E-state index in [9.17, 15) is 9.90 Å². The topological polar surface area (TPSA) is 71.7 Å². The molecule has 2 N–H and O–H groups in total. The maximum atomic E-state index is 12.4. The van der Waals surface area contributed by atoms with Crippen LogP contribution in [0.15, 0.2) is 47.1 Å². The Hall–Kier alpha value is -1.98. The summed E-state index contributed by atoms with van der Waals surface area (Å²) in [6.45, 7) is 5.05. The van der Waals surface area contributed by atoms with Crippen molar-refractivity contribution in [1.82, 2.24) is 5.32 Å². The van der Waals surface area contributed by atoms with Crippen molar-refractivity contribution in [3.63, 3.8) is 0 Å². The average Bonchev–Trinajstić information content (AvgIpc) is 2.99. The van der Waals surface area contributed by atoms with Crippen molar-refractivity contribution in [2.75, 3.05) is 6.54 Å². The Balaban J connectivity index is 1.91. The Morgan fingerprint density at radius 2 is 1.92 bits per heavy atom. The molecule has 0 aliphatic rings. The highest BCUT2D eigenvalue weighted by atomic mass is 35.5. The molecule has 24 heavy (non-hydrogen) atoms. The third kappa shape index (κ3) is 5.28. The first-order valence-corrected chi connectivity index (χ1v) is 8.03. The Morgan fingerprint density at radius 1 is 1.25 bits per heavy atom. The SMILES string of the molecule is CC(C)(Oc1ccc(Cl)cc1)C(=O)NC[C@](C)(O)Cc1ccco1. The van der Waals surface area contributed by atoms with Gasteiger partial charge in [-0.25, -0.2) is 0 Å². The van der Waals surface area contributed by atoms with Crippen LogP contribution in [0, 0.1) is 0 Å². The van der Waals surface area contributed by atoms with E-state index in [-0.39, 0.29) is 12.5 Å². The maximum absolute atomic E-state index is 12.4. The molecule has 1 heterocycles. The molecule has 0 radical (unpaired) electrons. The zero-order valence-electron chi connectivity index (χ0n) is 14.0. The minimum absolute atomic E-state index is 0.0833. The smallest absolute Gasteiger partial charge is 0.263 e. The minimum Gasteiger partial charge on any atom is -0.478 e. The molecule has 2 aromatic rings. The molecule has 2 rings (SSSR count). The second-order valence-corrected chi connectivity index (χ2v) is 6.94. The van der Waals surface area contributed by atoms with Gasteiger partial charge in [-0.2, -0.15) is 0 Å². The third-order valence-electron chi connectivity index (χ3n) is 3.50. The highest BCUT2D eigenvalue weighted by Crippen LogP contribution is 2.21. The van der Waals surface area contributed by atoms with Gasteiger partial charge < -0.3 is 19.6 Å². The molecule has 130 valence electrons. The van der Waals surface area contributed by atoms with Gasteiger partial charge in [0.1, 0.15) is 11.5 Å². The molecule has 0 spiro atoms. The van der Waals surface area contributed by atoms with Gasteiger partial charge in [-0.3, -0.25) is 4.79 Å². The van der Waals surface area contributed by atoms with Crippen LogP contribution in [0.25, 0.3) is 0 Å². The summed E-state index contributed by atoms with van der Waals surface area (Å²) < 4.78 is 10.9. The Kier molecular flexibility index (Phi) is 5.57. The van der Waals surface area contributed by atoms with E-state index in [1.807, 2.05) is 0 Å². The fourth-order valence-electron chi connectivity index (χ4n) is 2.18. The maximum Gasteiger partial charge on any atom is 0.263 e. The zero-order valence-corrected chi connectivity index (χ0v) is 14.8. The molecule has 1 aromatic carbocycles. The largest absolute Gasteiger partial charge is 0.478 e. The van der Waals surface area contributed by atoms with Crippen molar-refractivity contribution in [2.45, 2.75) is 38.4 Å². The van der Waals surface area contributed by atoms with Crippen molar-refractivity contribution in [3.05, 3.63) is 53.4 Å². The quantitative estimate of drug-likeness (QED) is 0.803. The highest BCUT2D eigenvalue weighted by Gasteiger charge is 2.32. The van der Waals surface area contributed by atoms with E-state index >= 15 is 0 Å². The molecule has 1 atom stereocenters. The van der Waals surface area contributed by atoms with Crippen LogP contribution >= 0.6 is 11.6 Å². The number of hydrogen-bond acceptors (Lipinski definition) is 4. The summed E-state index contributed by atoms with van der Waals surface area (Å²) in [7, 11) is 0. The second kappa shape index (κ2) is 7.28. The number of hydrogen-bond donors (Lipinski definition) is 2. The van der Waals surface area contributed by atoms with Gasteiger partial charge in [-0.05, 0) is 57.2 Å². The fourth-order valence-corrected chi connectivity index (χ4v) is 2.30. The van der Waals surface area contributed by atoms with Gasteiger partial charge in [0.2, 0.25) is 0 Å². The van der Waals surface area contributed by atoms with Crippen LogP contribution in [0.1, 0.15) is 26.5 Å². The number of furan rings is 1. The van der Waals surface area contributed by atoms with Crippen LogP contribution in [0.2, 0.25) is 5.02 Å². The fraction of sp³-hybridized carbons (Fsp3) is 0.389. The van der Waals surface area contributed by atoms with Gasteiger partial charge in [0, 0.05) is 18.0 Å². The van der Waals surface area contributed by atoms with E-state index in [4.69, 9.17) is 20.8 Å². The van der Waals surface area contributed by atoms with Crippen molar-refractivity contribution >= 4 is 17.5 Å². The molecule has 5 nitrogen and oxygen atoms in total. The second-order valence-electron chi connectivity index (χ2n) is 6.50. The number of nitrogens with one attached hydrogen (secondary N) is 1. The molecule has 0 fully saturated rings. The van der Waals surface area contributed by atoms with Gasteiger partial charge in [-0.1, -0.05) is 11.6 Å². The number of rotatable bonds is 7. The predicted molar refractivity (Wildman–Crippen MR) is 92.2 cm³/mol. The summed E-state index contributed by atoms with van der Waals surface area (Å²) in [6, 6.07) is 10.3. The van der Waals surface area contributed by atoms with Crippen molar-refractivity contribution in [3.8, 4) is 5.75 Å². The van der Waals surface area contributed by atoms with Crippen LogP contribution in [0.5, 0.6) is 5.75 Å². The highest BCUT2D eigenvalue weighted by molar-refractivity contribution is 6.30.